The Morgan fingerprint density at radius 3 is 2.56 bits per heavy atom. The van der Waals surface area contributed by atoms with Crippen LogP contribution in [0.2, 0.25) is 0 Å². The molecular formula is C14H27NO. The van der Waals surface area contributed by atoms with Crippen LogP contribution in [-0.4, -0.2) is 25.8 Å². The average molecular weight is 225 g/mol. The summed E-state index contributed by atoms with van der Waals surface area (Å²) in [5.41, 5.74) is 0. The van der Waals surface area contributed by atoms with E-state index in [9.17, 15) is 0 Å². The molecule has 1 N–H and O–H groups in total. The Morgan fingerprint density at radius 2 is 1.94 bits per heavy atom. The minimum Gasteiger partial charge on any atom is -0.376 e. The first-order chi connectivity index (χ1) is 7.85. The lowest BCUT2D eigenvalue weighted by Gasteiger charge is -2.32. The number of nitrogens with one attached hydrogen (secondary N) is 1. The second-order valence-corrected chi connectivity index (χ2v) is 5.56. The number of rotatable bonds is 6. The molecule has 0 spiro atoms. The summed E-state index contributed by atoms with van der Waals surface area (Å²) in [6.45, 7) is 3.24. The van der Waals surface area contributed by atoms with E-state index in [4.69, 9.17) is 4.74 Å². The molecular weight excluding hydrogens is 198 g/mol. The summed E-state index contributed by atoms with van der Waals surface area (Å²) in [7, 11) is 2.07. The number of hydrogen-bond acceptors (Lipinski definition) is 2. The molecule has 0 aromatic carbocycles. The molecule has 0 heterocycles. The Labute approximate surface area is 100 Å². The molecule has 0 bridgehead atoms. The zero-order valence-electron chi connectivity index (χ0n) is 10.9. The van der Waals surface area contributed by atoms with Gasteiger partial charge in [-0.25, -0.2) is 0 Å². The number of hydrogen-bond donors (Lipinski definition) is 1. The Hall–Kier alpha value is -0.0800. The largest absolute Gasteiger partial charge is 0.376 e. The molecule has 0 aromatic heterocycles. The van der Waals surface area contributed by atoms with Gasteiger partial charge in [0, 0.05) is 6.04 Å². The van der Waals surface area contributed by atoms with Gasteiger partial charge in [0.2, 0.25) is 0 Å². The van der Waals surface area contributed by atoms with Crippen LogP contribution in [0.1, 0.15) is 51.9 Å². The first-order valence-corrected chi connectivity index (χ1v) is 7.14. The molecule has 16 heavy (non-hydrogen) atoms. The van der Waals surface area contributed by atoms with Crippen LogP contribution < -0.4 is 5.32 Å². The van der Waals surface area contributed by atoms with E-state index in [1.807, 2.05) is 0 Å². The molecule has 2 aliphatic rings. The first-order valence-electron chi connectivity index (χ1n) is 7.14. The van der Waals surface area contributed by atoms with Crippen LogP contribution in [0.3, 0.4) is 0 Å². The van der Waals surface area contributed by atoms with E-state index in [0.717, 1.165) is 18.4 Å². The van der Waals surface area contributed by atoms with Crippen molar-refractivity contribution in [1.82, 2.24) is 5.32 Å². The lowest BCUT2D eigenvalue weighted by Crippen LogP contribution is -2.36. The fourth-order valence-electron chi connectivity index (χ4n) is 3.04. The Bertz CT molecular complexity index is 203. The molecule has 0 amide bonds. The zero-order valence-corrected chi connectivity index (χ0v) is 10.9. The van der Waals surface area contributed by atoms with Crippen molar-refractivity contribution in [2.24, 2.45) is 11.8 Å². The van der Waals surface area contributed by atoms with E-state index in [-0.39, 0.29) is 0 Å². The third-order valence-corrected chi connectivity index (χ3v) is 4.42. The van der Waals surface area contributed by atoms with Gasteiger partial charge in [-0.2, -0.15) is 0 Å². The summed E-state index contributed by atoms with van der Waals surface area (Å²) in [5, 5.41) is 3.41. The van der Waals surface area contributed by atoms with E-state index in [1.54, 1.807) is 0 Å². The van der Waals surface area contributed by atoms with E-state index < -0.39 is 0 Å². The van der Waals surface area contributed by atoms with Gasteiger partial charge in [0.25, 0.3) is 0 Å². The predicted molar refractivity (Wildman–Crippen MR) is 67.6 cm³/mol. The quantitative estimate of drug-likeness (QED) is 0.750. The maximum Gasteiger partial charge on any atom is 0.0626 e. The molecule has 2 fully saturated rings. The van der Waals surface area contributed by atoms with Gasteiger partial charge < -0.3 is 10.1 Å². The van der Waals surface area contributed by atoms with Crippen molar-refractivity contribution in [2.45, 2.75) is 64.0 Å². The van der Waals surface area contributed by atoms with Crippen molar-refractivity contribution < 1.29 is 4.74 Å². The summed E-state index contributed by atoms with van der Waals surface area (Å²) < 4.78 is 6.18. The topological polar surface area (TPSA) is 21.3 Å². The van der Waals surface area contributed by atoms with Crippen LogP contribution in [0.25, 0.3) is 0 Å². The van der Waals surface area contributed by atoms with Crippen LogP contribution in [-0.2, 0) is 4.74 Å². The number of likely N-dealkylation sites (N-methyl/N-ethyl adjacent to an activating group) is 1. The minimum atomic E-state index is 0.549. The monoisotopic (exact) mass is 225 g/mol. The van der Waals surface area contributed by atoms with Gasteiger partial charge in [-0.1, -0.05) is 26.2 Å². The molecule has 0 aromatic rings. The molecule has 2 aliphatic carbocycles. The lowest BCUT2D eigenvalue weighted by atomic mass is 9.85. The van der Waals surface area contributed by atoms with Crippen LogP contribution in [0.15, 0.2) is 0 Å². The average Bonchev–Trinajstić information content (AvgIpc) is 3.15. The van der Waals surface area contributed by atoms with Crippen molar-refractivity contribution in [2.75, 3.05) is 13.7 Å². The molecule has 2 nitrogen and oxygen atoms in total. The van der Waals surface area contributed by atoms with E-state index in [0.29, 0.717) is 12.1 Å². The van der Waals surface area contributed by atoms with Gasteiger partial charge in [-0.15, -0.1) is 0 Å². The van der Waals surface area contributed by atoms with Gasteiger partial charge in [0.05, 0.1) is 12.7 Å². The van der Waals surface area contributed by atoms with Crippen LogP contribution >= 0.6 is 0 Å². The molecule has 0 saturated heterocycles. The standard InChI is InChI=1S/C14H27NO/c1-3-11-6-4-5-7-14(11)16-10-13(15-2)12-8-9-12/h11-15H,3-10H2,1-2H3. The second kappa shape index (κ2) is 6.02. The van der Waals surface area contributed by atoms with Crippen molar-refractivity contribution in [3.8, 4) is 0 Å². The van der Waals surface area contributed by atoms with Crippen LogP contribution in [0.5, 0.6) is 0 Å². The minimum absolute atomic E-state index is 0.549. The molecule has 94 valence electrons. The van der Waals surface area contributed by atoms with Crippen molar-refractivity contribution in [1.29, 1.82) is 0 Å². The van der Waals surface area contributed by atoms with Crippen molar-refractivity contribution in [3.63, 3.8) is 0 Å². The molecule has 0 aliphatic heterocycles. The highest BCUT2D eigenvalue weighted by atomic mass is 16.5. The van der Waals surface area contributed by atoms with E-state index in [1.165, 1.54) is 44.9 Å². The third kappa shape index (κ3) is 3.21. The maximum atomic E-state index is 6.18. The van der Waals surface area contributed by atoms with E-state index >= 15 is 0 Å². The third-order valence-electron chi connectivity index (χ3n) is 4.42. The normalized spacial score (nSPS) is 32.6. The predicted octanol–water partition coefficient (Wildman–Crippen LogP) is 2.97. The maximum absolute atomic E-state index is 6.18. The summed E-state index contributed by atoms with van der Waals surface area (Å²) in [6, 6.07) is 0.611. The molecule has 2 heteroatoms. The smallest absolute Gasteiger partial charge is 0.0626 e. The fourth-order valence-corrected chi connectivity index (χ4v) is 3.04. The first kappa shape index (κ1) is 12.4. The van der Waals surface area contributed by atoms with Gasteiger partial charge >= 0.3 is 0 Å². The van der Waals surface area contributed by atoms with Crippen LogP contribution in [0, 0.1) is 11.8 Å². The highest BCUT2D eigenvalue weighted by Gasteiger charge is 2.32. The van der Waals surface area contributed by atoms with E-state index in [2.05, 4.69) is 19.3 Å². The summed E-state index contributed by atoms with van der Waals surface area (Å²) in [5.74, 6) is 1.72. The Kier molecular flexibility index (Phi) is 4.66. The highest BCUT2D eigenvalue weighted by molar-refractivity contribution is 4.86. The highest BCUT2D eigenvalue weighted by Crippen LogP contribution is 2.34. The molecule has 3 atom stereocenters. The van der Waals surface area contributed by atoms with Crippen molar-refractivity contribution in [3.05, 3.63) is 0 Å². The van der Waals surface area contributed by atoms with Gasteiger partial charge in [0.15, 0.2) is 0 Å². The summed E-state index contributed by atoms with van der Waals surface area (Å²) >= 11 is 0. The van der Waals surface area contributed by atoms with Gasteiger partial charge in [-0.3, -0.25) is 0 Å². The Morgan fingerprint density at radius 1 is 1.19 bits per heavy atom. The van der Waals surface area contributed by atoms with Gasteiger partial charge in [0.1, 0.15) is 0 Å². The lowest BCUT2D eigenvalue weighted by molar-refractivity contribution is -0.0229. The SMILES string of the molecule is CCC1CCCCC1OCC(NC)C1CC1. The van der Waals surface area contributed by atoms with Gasteiger partial charge in [-0.05, 0) is 44.6 Å². The number of ether oxygens (including phenoxy) is 1. The molecule has 2 saturated carbocycles. The zero-order chi connectivity index (χ0) is 11.4. The Balaban J connectivity index is 1.73. The molecule has 3 unspecified atom stereocenters. The molecule has 0 radical (unpaired) electrons. The van der Waals surface area contributed by atoms with Crippen LogP contribution in [0.4, 0.5) is 0 Å². The fraction of sp³-hybridized carbons (Fsp3) is 1.00. The summed E-state index contributed by atoms with van der Waals surface area (Å²) in [6.07, 6.45) is 10.1. The molecule has 2 rings (SSSR count). The summed E-state index contributed by atoms with van der Waals surface area (Å²) in [4.78, 5) is 0. The van der Waals surface area contributed by atoms with Crippen molar-refractivity contribution >= 4 is 0 Å². The second-order valence-electron chi connectivity index (χ2n) is 5.56.